The summed E-state index contributed by atoms with van der Waals surface area (Å²) in [4.78, 5) is 11.3. The molecule has 11 heteroatoms. The third-order valence-electron chi connectivity index (χ3n) is 3.51. The second-order valence-corrected chi connectivity index (χ2v) is 6.21. The number of carbonyl (C=O) groups is 1. The first kappa shape index (κ1) is 21.2. The number of esters is 1. The molecule has 1 heterocycles. The molecule has 0 aliphatic heterocycles. The number of benzene rings is 1. The molecule has 28 heavy (non-hydrogen) atoms. The van der Waals surface area contributed by atoms with Gasteiger partial charge in [0.05, 0.1) is 39.8 Å². The van der Waals surface area contributed by atoms with Crippen molar-refractivity contribution in [3.05, 3.63) is 24.0 Å². The van der Waals surface area contributed by atoms with Gasteiger partial charge in [-0.3, -0.25) is 0 Å². The van der Waals surface area contributed by atoms with Gasteiger partial charge in [0, 0.05) is 5.56 Å². The van der Waals surface area contributed by atoms with Crippen LogP contribution in [0, 0.1) is 0 Å². The van der Waals surface area contributed by atoms with Crippen LogP contribution in [0.3, 0.4) is 0 Å². The zero-order valence-electron chi connectivity index (χ0n) is 16.0. The van der Waals surface area contributed by atoms with Crippen molar-refractivity contribution in [2.24, 2.45) is 0 Å². The van der Waals surface area contributed by atoms with Gasteiger partial charge < -0.3 is 29.9 Å². The summed E-state index contributed by atoms with van der Waals surface area (Å²) >= 11 is 1.11. The van der Waals surface area contributed by atoms with Crippen LogP contribution in [0.25, 0.3) is 11.4 Å². The molecule has 0 aliphatic rings. The van der Waals surface area contributed by atoms with Crippen molar-refractivity contribution >= 4 is 17.7 Å². The first-order valence-electron chi connectivity index (χ1n) is 8.15. The molecule has 10 nitrogen and oxygen atoms in total. The predicted octanol–water partition coefficient (Wildman–Crippen LogP) is 1.78. The van der Waals surface area contributed by atoms with Crippen molar-refractivity contribution in [1.82, 2.24) is 14.9 Å². The largest absolute Gasteiger partial charge is 0.511 e. The lowest BCUT2D eigenvalue weighted by Gasteiger charge is -2.13. The van der Waals surface area contributed by atoms with E-state index in [0.29, 0.717) is 33.8 Å². The van der Waals surface area contributed by atoms with E-state index >= 15 is 0 Å². The van der Waals surface area contributed by atoms with Crippen LogP contribution in [0.1, 0.15) is 6.92 Å². The van der Waals surface area contributed by atoms with E-state index in [0.717, 1.165) is 17.8 Å². The van der Waals surface area contributed by atoms with E-state index in [9.17, 15) is 9.90 Å². The fourth-order valence-electron chi connectivity index (χ4n) is 2.28. The summed E-state index contributed by atoms with van der Waals surface area (Å²) in [7, 11) is 4.53. The molecule has 152 valence electrons. The molecule has 0 spiro atoms. The SMILES string of the molecule is CCOC(=O)/C=C(/O)CSc1nnc(-c2cc(OC)c(OC)c(OC)c2)n1N. The van der Waals surface area contributed by atoms with Crippen LogP contribution in [0.15, 0.2) is 29.1 Å². The highest BCUT2D eigenvalue weighted by molar-refractivity contribution is 7.99. The van der Waals surface area contributed by atoms with Gasteiger partial charge in [-0.15, -0.1) is 10.2 Å². The van der Waals surface area contributed by atoms with Crippen LogP contribution in [-0.4, -0.2) is 59.6 Å². The molecule has 2 aromatic rings. The quantitative estimate of drug-likeness (QED) is 0.207. The molecule has 0 radical (unpaired) electrons. The second kappa shape index (κ2) is 9.74. The minimum atomic E-state index is -0.618. The molecule has 0 saturated carbocycles. The van der Waals surface area contributed by atoms with Gasteiger partial charge in [-0.05, 0) is 19.1 Å². The molecule has 3 N–H and O–H groups in total. The monoisotopic (exact) mass is 410 g/mol. The number of aliphatic hydroxyl groups excluding tert-OH is 1. The lowest BCUT2D eigenvalue weighted by molar-refractivity contribution is -0.137. The Morgan fingerprint density at radius 3 is 2.39 bits per heavy atom. The van der Waals surface area contributed by atoms with Crippen molar-refractivity contribution in [2.75, 3.05) is 39.5 Å². The van der Waals surface area contributed by atoms with E-state index in [2.05, 4.69) is 10.2 Å². The number of nitrogen functional groups attached to an aromatic ring is 1. The number of hydrogen-bond acceptors (Lipinski definition) is 10. The number of nitrogens with two attached hydrogens (primary N) is 1. The average molecular weight is 410 g/mol. The highest BCUT2D eigenvalue weighted by Gasteiger charge is 2.19. The Kier molecular flexibility index (Phi) is 7.38. The molecule has 0 atom stereocenters. The zero-order chi connectivity index (χ0) is 20.7. The first-order chi connectivity index (χ1) is 13.4. The number of aromatic nitrogens is 3. The van der Waals surface area contributed by atoms with Gasteiger partial charge in [-0.1, -0.05) is 11.8 Å². The van der Waals surface area contributed by atoms with Crippen LogP contribution in [0.5, 0.6) is 17.2 Å². The smallest absolute Gasteiger partial charge is 0.334 e. The van der Waals surface area contributed by atoms with Crippen molar-refractivity contribution in [1.29, 1.82) is 0 Å². The number of nitrogens with zero attached hydrogens (tertiary/aromatic N) is 3. The summed E-state index contributed by atoms with van der Waals surface area (Å²) in [5.74, 6) is 7.08. The van der Waals surface area contributed by atoms with Crippen LogP contribution in [-0.2, 0) is 9.53 Å². The Morgan fingerprint density at radius 2 is 1.86 bits per heavy atom. The number of rotatable bonds is 9. The highest BCUT2D eigenvalue weighted by atomic mass is 32.2. The lowest BCUT2D eigenvalue weighted by atomic mass is 10.1. The number of carbonyl (C=O) groups excluding carboxylic acids is 1. The molecule has 2 rings (SSSR count). The maximum atomic E-state index is 11.3. The fourth-order valence-corrected chi connectivity index (χ4v) is 2.97. The normalized spacial score (nSPS) is 11.2. The molecular formula is C17H22N4O6S. The van der Waals surface area contributed by atoms with Crippen molar-refractivity contribution in [3.63, 3.8) is 0 Å². The van der Waals surface area contributed by atoms with Gasteiger partial charge in [0.25, 0.3) is 0 Å². The topological polar surface area (TPSA) is 131 Å². The summed E-state index contributed by atoms with van der Waals surface area (Å²) in [6.45, 7) is 1.91. The standard InChI is InChI=1S/C17H22N4O6S/c1-5-27-14(23)8-11(22)9-28-17-20-19-16(21(17)18)10-6-12(24-2)15(26-4)13(7-10)25-3/h6-8,22H,5,9,18H2,1-4H3/b11-8+. The van der Waals surface area contributed by atoms with Crippen LogP contribution < -0.4 is 20.1 Å². The van der Waals surface area contributed by atoms with Crippen LogP contribution in [0.4, 0.5) is 0 Å². The number of thioether (sulfide) groups is 1. The summed E-state index contributed by atoms with van der Waals surface area (Å²) in [5.41, 5.74) is 0.600. The number of methoxy groups -OCH3 is 3. The zero-order valence-corrected chi connectivity index (χ0v) is 16.8. The Morgan fingerprint density at radius 1 is 1.21 bits per heavy atom. The van der Waals surface area contributed by atoms with Gasteiger partial charge in [0.1, 0.15) is 5.76 Å². The van der Waals surface area contributed by atoms with Crippen LogP contribution >= 0.6 is 11.8 Å². The molecule has 0 unspecified atom stereocenters. The first-order valence-corrected chi connectivity index (χ1v) is 9.13. The average Bonchev–Trinajstić information content (AvgIpc) is 3.05. The Hall–Kier alpha value is -3.08. The molecule has 0 fully saturated rings. The van der Waals surface area contributed by atoms with E-state index in [-0.39, 0.29) is 18.1 Å². The van der Waals surface area contributed by atoms with Crippen molar-refractivity contribution < 1.29 is 28.8 Å². The number of hydrogen-bond donors (Lipinski definition) is 2. The van der Waals surface area contributed by atoms with Crippen molar-refractivity contribution in [3.8, 4) is 28.6 Å². The lowest BCUT2D eigenvalue weighted by Crippen LogP contribution is -2.12. The minimum absolute atomic E-state index is 0.0728. The van der Waals surface area contributed by atoms with E-state index < -0.39 is 5.97 Å². The van der Waals surface area contributed by atoms with E-state index in [1.54, 1.807) is 19.1 Å². The summed E-state index contributed by atoms with van der Waals surface area (Å²) in [6.07, 6.45) is 1.01. The van der Waals surface area contributed by atoms with Gasteiger partial charge in [0.2, 0.25) is 10.9 Å². The molecule has 1 aromatic carbocycles. The number of aliphatic hydroxyl groups is 1. The Labute approximate surface area is 166 Å². The van der Waals surface area contributed by atoms with E-state index in [1.807, 2.05) is 0 Å². The maximum Gasteiger partial charge on any atom is 0.334 e. The van der Waals surface area contributed by atoms with Gasteiger partial charge in [-0.25, -0.2) is 9.47 Å². The van der Waals surface area contributed by atoms with Gasteiger partial charge in [0.15, 0.2) is 17.3 Å². The van der Waals surface area contributed by atoms with Crippen molar-refractivity contribution in [2.45, 2.75) is 12.1 Å². The summed E-state index contributed by atoms with van der Waals surface area (Å²) in [6, 6.07) is 3.39. The molecule has 0 saturated heterocycles. The van der Waals surface area contributed by atoms with E-state index in [1.165, 1.54) is 26.0 Å². The third kappa shape index (κ3) is 4.80. The molecule has 0 aliphatic carbocycles. The number of ether oxygens (including phenoxy) is 4. The molecular weight excluding hydrogens is 388 g/mol. The summed E-state index contributed by atoms with van der Waals surface area (Å²) in [5, 5.41) is 18.3. The minimum Gasteiger partial charge on any atom is -0.511 e. The molecule has 0 amide bonds. The van der Waals surface area contributed by atoms with Crippen LogP contribution in [0.2, 0.25) is 0 Å². The Bertz CT molecular complexity index is 842. The highest BCUT2D eigenvalue weighted by Crippen LogP contribution is 2.40. The van der Waals surface area contributed by atoms with Gasteiger partial charge >= 0.3 is 5.97 Å². The maximum absolute atomic E-state index is 11.3. The third-order valence-corrected chi connectivity index (χ3v) is 4.48. The Balaban J connectivity index is 2.24. The van der Waals surface area contributed by atoms with E-state index in [4.69, 9.17) is 24.8 Å². The molecule has 1 aromatic heterocycles. The predicted molar refractivity (Wildman–Crippen MR) is 103 cm³/mol. The summed E-state index contributed by atoms with van der Waals surface area (Å²) < 4.78 is 22.0. The second-order valence-electron chi connectivity index (χ2n) is 5.27. The molecule has 0 bridgehead atoms. The fraction of sp³-hybridized carbons (Fsp3) is 0.353. The van der Waals surface area contributed by atoms with Gasteiger partial charge in [-0.2, -0.15) is 0 Å².